The molecule has 3 saturated carbocycles. The molecule has 5 rings (SSSR count). The first kappa shape index (κ1) is 11.4. The maximum Gasteiger partial charge on any atom is 0.0777 e. The van der Waals surface area contributed by atoms with E-state index < -0.39 is 0 Å². The summed E-state index contributed by atoms with van der Waals surface area (Å²) < 4.78 is 0. The second-order valence-electron chi connectivity index (χ2n) is 8.04. The maximum atomic E-state index is 11.5. The van der Waals surface area contributed by atoms with E-state index in [9.17, 15) is 5.11 Å². The first-order valence-corrected chi connectivity index (χ1v) is 8.74. The van der Waals surface area contributed by atoms with Crippen LogP contribution in [0.5, 0.6) is 0 Å². The van der Waals surface area contributed by atoms with Crippen molar-refractivity contribution in [2.24, 2.45) is 29.6 Å². The molecule has 104 valence electrons. The van der Waals surface area contributed by atoms with Gasteiger partial charge in [0.2, 0.25) is 0 Å². The third-order valence-electron chi connectivity index (χ3n) is 7.57. The molecule has 0 saturated heterocycles. The Balaban J connectivity index is 1.59. The highest BCUT2D eigenvalue weighted by molar-refractivity contribution is 5.39. The zero-order valence-electron chi connectivity index (χ0n) is 11.9. The van der Waals surface area contributed by atoms with E-state index in [2.05, 4.69) is 0 Å². The third kappa shape index (κ3) is 1.22. The van der Waals surface area contributed by atoms with Gasteiger partial charge in [0.15, 0.2) is 0 Å². The average molecular weight is 258 g/mol. The average Bonchev–Trinajstić information content (AvgIpc) is 3.05. The Labute approximate surface area is 116 Å². The number of aliphatic hydroxyl groups is 1. The fraction of sp³-hybridized carbons (Fsp3) is 0.889. The van der Waals surface area contributed by atoms with Crippen molar-refractivity contribution in [1.82, 2.24) is 0 Å². The highest BCUT2D eigenvalue weighted by atomic mass is 16.3. The first-order valence-electron chi connectivity index (χ1n) is 8.74. The van der Waals surface area contributed by atoms with Gasteiger partial charge in [0.1, 0.15) is 0 Å². The molecule has 5 aliphatic carbocycles. The van der Waals surface area contributed by atoms with Gasteiger partial charge < -0.3 is 5.11 Å². The van der Waals surface area contributed by atoms with Crippen LogP contribution in [0.15, 0.2) is 11.1 Å². The predicted octanol–water partition coefficient (Wildman–Crippen LogP) is 4.06. The minimum Gasteiger partial charge on any atom is -0.389 e. The van der Waals surface area contributed by atoms with Gasteiger partial charge in [-0.2, -0.15) is 0 Å². The molecule has 5 aliphatic rings. The lowest BCUT2D eigenvalue weighted by atomic mass is 9.64. The molecule has 0 aromatic rings. The molecule has 0 radical (unpaired) electrons. The van der Waals surface area contributed by atoms with Gasteiger partial charge in [0.25, 0.3) is 0 Å². The van der Waals surface area contributed by atoms with Gasteiger partial charge in [-0.15, -0.1) is 0 Å². The van der Waals surface area contributed by atoms with Crippen molar-refractivity contribution in [3.8, 4) is 0 Å². The van der Waals surface area contributed by atoms with E-state index in [-0.39, 0.29) is 5.60 Å². The smallest absolute Gasteiger partial charge is 0.0777 e. The summed E-state index contributed by atoms with van der Waals surface area (Å²) in [6, 6.07) is 0. The van der Waals surface area contributed by atoms with Crippen molar-refractivity contribution in [3.63, 3.8) is 0 Å². The summed E-state index contributed by atoms with van der Waals surface area (Å²) >= 11 is 0. The lowest BCUT2D eigenvalue weighted by molar-refractivity contribution is -0.0762. The van der Waals surface area contributed by atoms with E-state index in [1.165, 1.54) is 64.2 Å². The van der Waals surface area contributed by atoms with E-state index in [0.717, 1.165) is 11.8 Å². The van der Waals surface area contributed by atoms with Gasteiger partial charge in [-0.05, 0) is 75.0 Å². The molecule has 6 atom stereocenters. The lowest BCUT2D eigenvalue weighted by Gasteiger charge is -2.45. The standard InChI is InChI=1S/C18H26O/c19-18-12-8-7-11(9-12)17(18)15-10-16(18)14-6-4-2-1-3-5-13(14)15/h11-12,15-17,19H,1-10H2/t11-,12-,15-,16-,17+,18+/m0/s1. The van der Waals surface area contributed by atoms with E-state index in [0.29, 0.717) is 17.8 Å². The molecule has 0 amide bonds. The Hall–Kier alpha value is -0.300. The van der Waals surface area contributed by atoms with Crippen LogP contribution in [-0.2, 0) is 0 Å². The Morgan fingerprint density at radius 1 is 0.895 bits per heavy atom. The van der Waals surface area contributed by atoms with E-state index >= 15 is 0 Å². The molecule has 1 N–H and O–H groups in total. The number of hydrogen-bond acceptors (Lipinski definition) is 1. The highest BCUT2D eigenvalue weighted by Crippen LogP contribution is 2.71. The Bertz CT molecular complexity index is 451. The fourth-order valence-corrected chi connectivity index (χ4v) is 7.08. The molecule has 4 bridgehead atoms. The van der Waals surface area contributed by atoms with Crippen LogP contribution in [0.1, 0.15) is 64.2 Å². The van der Waals surface area contributed by atoms with Crippen LogP contribution < -0.4 is 0 Å². The van der Waals surface area contributed by atoms with Gasteiger partial charge >= 0.3 is 0 Å². The minimum absolute atomic E-state index is 0.244. The molecule has 0 heterocycles. The van der Waals surface area contributed by atoms with Gasteiger partial charge in [-0.1, -0.05) is 24.0 Å². The number of allylic oxidation sites excluding steroid dienone is 1. The SMILES string of the molecule is O[C@@]12[C@H]3CC[C@@H](C3)[C@@H]1[C@H]1C[C@H]2C2=C1CCCCCC2. The summed E-state index contributed by atoms with van der Waals surface area (Å²) in [5.74, 6) is 3.61. The van der Waals surface area contributed by atoms with Crippen LogP contribution in [0.4, 0.5) is 0 Å². The first-order chi connectivity index (χ1) is 9.30. The van der Waals surface area contributed by atoms with Crippen LogP contribution >= 0.6 is 0 Å². The topological polar surface area (TPSA) is 20.2 Å². The number of fused-ring (bicyclic) bond motifs is 11. The Morgan fingerprint density at radius 2 is 1.68 bits per heavy atom. The van der Waals surface area contributed by atoms with Crippen LogP contribution in [0.25, 0.3) is 0 Å². The summed E-state index contributed by atoms with van der Waals surface area (Å²) in [6.45, 7) is 0. The molecular formula is C18H26O. The summed E-state index contributed by atoms with van der Waals surface area (Å²) in [4.78, 5) is 0. The molecule has 1 nitrogen and oxygen atoms in total. The van der Waals surface area contributed by atoms with Crippen molar-refractivity contribution < 1.29 is 5.11 Å². The zero-order chi connectivity index (χ0) is 12.6. The molecule has 0 unspecified atom stereocenters. The molecule has 19 heavy (non-hydrogen) atoms. The molecule has 3 fully saturated rings. The van der Waals surface area contributed by atoms with Gasteiger partial charge in [-0.25, -0.2) is 0 Å². The summed E-state index contributed by atoms with van der Waals surface area (Å²) in [7, 11) is 0. The quantitative estimate of drug-likeness (QED) is 0.513. The van der Waals surface area contributed by atoms with Crippen LogP contribution in [0.2, 0.25) is 0 Å². The van der Waals surface area contributed by atoms with Crippen molar-refractivity contribution in [2.75, 3.05) is 0 Å². The minimum atomic E-state index is -0.244. The largest absolute Gasteiger partial charge is 0.389 e. The summed E-state index contributed by atoms with van der Waals surface area (Å²) in [6.07, 6.45) is 13.8. The van der Waals surface area contributed by atoms with Crippen molar-refractivity contribution in [2.45, 2.75) is 69.8 Å². The Morgan fingerprint density at radius 3 is 2.53 bits per heavy atom. The predicted molar refractivity (Wildman–Crippen MR) is 75.6 cm³/mol. The van der Waals surface area contributed by atoms with Gasteiger partial charge in [0, 0.05) is 5.92 Å². The van der Waals surface area contributed by atoms with Crippen molar-refractivity contribution in [3.05, 3.63) is 11.1 Å². The van der Waals surface area contributed by atoms with Gasteiger partial charge in [0.05, 0.1) is 5.60 Å². The van der Waals surface area contributed by atoms with Gasteiger partial charge in [-0.3, -0.25) is 0 Å². The van der Waals surface area contributed by atoms with Crippen molar-refractivity contribution >= 4 is 0 Å². The molecule has 0 aliphatic heterocycles. The summed E-state index contributed by atoms with van der Waals surface area (Å²) in [5, 5.41) is 11.5. The lowest BCUT2D eigenvalue weighted by Crippen LogP contribution is -2.48. The fourth-order valence-electron chi connectivity index (χ4n) is 7.08. The van der Waals surface area contributed by atoms with Crippen LogP contribution in [0.3, 0.4) is 0 Å². The molecule has 0 aromatic heterocycles. The van der Waals surface area contributed by atoms with E-state index in [4.69, 9.17) is 0 Å². The van der Waals surface area contributed by atoms with Crippen LogP contribution in [0, 0.1) is 29.6 Å². The Kier molecular flexibility index (Phi) is 2.19. The monoisotopic (exact) mass is 258 g/mol. The zero-order valence-corrected chi connectivity index (χ0v) is 11.9. The normalized spacial score (nSPS) is 55.1. The van der Waals surface area contributed by atoms with Crippen LogP contribution in [-0.4, -0.2) is 10.7 Å². The highest BCUT2D eigenvalue weighted by Gasteiger charge is 2.70. The molecule has 0 aromatic carbocycles. The number of rotatable bonds is 0. The third-order valence-corrected chi connectivity index (χ3v) is 7.57. The second-order valence-corrected chi connectivity index (χ2v) is 8.04. The van der Waals surface area contributed by atoms with E-state index in [1.54, 1.807) is 5.57 Å². The molecule has 1 heteroatoms. The number of hydrogen-bond donors (Lipinski definition) is 1. The maximum absolute atomic E-state index is 11.5. The summed E-state index contributed by atoms with van der Waals surface area (Å²) in [5.41, 5.74) is 3.37. The second kappa shape index (κ2) is 3.67. The molecular weight excluding hydrogens is 232 g/mol. The van der Waals surface area contributed by atoms with E-state index in [1.807, 2.05) is 5.57 Å². The molecule has 0 spiro atoms. The van der Waals surface area contributed by atoms with Crippen molar-refractivity contribution in [1.29, 1.82) is 0 Å².